The van der Waals surface area contributed by atoms with Gasteiger partial charge in [-0.3, -0.25) is 19.1 Å². The van der Waals surface area contributed by atoms with Gasteiger partial charge in [-0.05, 0) is 74.5 Å². The fraction of sp³-hybridized carbons (Fsp3) is 0.212. The predicted octanol–water partition coefficient (Wildman–Crippen LogP) is 5.58. The Hall–Kier alpha value is -5.80. The van der Waals surface area contributed by atoms with Crippen LogP contribution in [0.2, 0.25) is 10.0 Å². The molecule has 1 atom stereocenters. The van der Waals surface area contributed by atoms with Crippen molar-refractivity contribution >= 4 is 63.8 Å². The number of carboxylic acids is 3. The van der Waals surface area contributed by atoms with Crippen LogP contribution in [0.1, 0.15) is 45.9 Å². The number of aryl methyl sites for hydroxylation is 2. The number of aliphatic carboxylic acids is 2. The summed E-state index contributed by atoms with van der Waals surface area (Å²) in [5, 5.41) is 28.2. The molecule has 0 aliphatic heterocycles. The van der Waals surface area contributed by atoms with Gasteiger partial charge in [0.05, 0.1) is 48.8 Å². The van der Waals surface area contributed by atoms with Crippen LogP contribution >= 0.6 is 23.2 Å². The Morgan fingerprint density at radius 3 is 2.00 bits per heavy atom. The number of hydrogen-bond donors (Lipinski definition) is 3. The van der Waals surface area contributed by atoms with E-state index in [-0.39, 0.29) is 45.3 Å². The number of halogens is 2. The third kappa shape index (κ3) is 8.43. The number of carboxylic acid groups (broad SMARTS) is 3. The molecule has 3 heterocycles. The Kier molecular flexibility index (Phi) is 11.6. The summed E-state index contributed by atoms with van der Waals surface area (Å²) in [7, 11) is 1.22. The lowest BCUT2D eigenvalue weighted by Crippen LogP contribution is -2.45. The van der Waals surface area contributed by atoms with E-state index in [1.54, 1.807) is 38.1 Å². The fourth-order valence-electron chi connectivity index (χ4n) is 4.97. The lowest BCUT2D eigenvalue weighted by molar-refractivity contribution is -0.147. The van der Waals surface area contributed by atoms with E-state index in [0.717, 1.165) is 4.57 Å². The number of aromatic carboxylic acids is 1. The Morgan fingerprint density at radius 2 is 1.46 bits per heavy atom. The van der Waals surface area contributed by atoms with Crippen LogP contribution in [0.3, 0.4) is 0 Å². The van der Waals surface area contributed by atoms with Crippen molar-refractivity contribution in [2.75, 3.05) is 12.0 Å². The molecule has 0 fully saturated rings. The maximum absolute atomic E-state index is 13.0. The van der Waals surface area contributed by atoms with Crippen molar-refractivity contribution in [2.45, 2.75) is 39.4 Å². The smallest absolute Gasteiger partial charge is 0.414 e. The minimum absolute atomic E-state index is 0.00739. The van der Waals surface area contributed by atoms with Crippen LogP contribution in [0.5, 0.6) is 0 Å². The number of furan rings is 2. The van der Waals surface area contributed by atoms with Crippen LogP contribution in [0.25, 0.3) is 10.9 Å². The number of carbonyl (C=O) groups is 4. The van der Waals surface area contributed by atoms with Gasteiger partial charge in [0.1, 0.15) is 29.1 Å². The van der Waals surface area contributed by atoms with E-state index in [1.165, 1.54) is 48.4 Å². The molecule has 50 heavy (non-hydrogen) atoms. The molecule has 3 aromatic heterocycles. The molecule has 2 aromatic carbocycles. The molecule has 0 bridgehead atoms. The number of nitrogens with zero attached hydrogens (tertiary/aromatic N) is 3. The summed E-state index contributed by atoms with van der Waals surface area (Å²) < 4.78 is 17.2. The zero-order chi connectivity index (χ0) is 36.9. The average Bonchev–Trinajstić information content (AvgIpc) is 3.67. The Morgan fingerprint density at radius 1 is 0.860 bits per heavy atom. The number of ether oxygens (including phenoxy) is 1. The average molecular weight is 731 g/mol. The van der Waals surface area contributed by atoms with Crippen molar-refractivity contribution in [2.24, 2.45) is 0 Å². The second-order valence-corrected chi connectivity index (χ2v) is 11.6. The Bertz CT molecular complexity index is 2220. The predicted molar refractivity (Wildman–Crippen MR) is 179 cm³/mol. The van der Waals surface area contributed by atoms with Crippen molar-refractivity contribution in [3.8, 4) is 0 Å². The maximum atomic E-state index is 13.0. The molecule has 0 aliphatic rings. The van der Waals surface area contributed by atoms with Gasteiger partial charge in [-0.2, -0.15) is 0 Å². The van der Waals surface area contributed by atoms with Gasteiger partial charge in [0.15, 0.2) is 0 Å². The first-order chi connectivity index (χ1) is 23.6. The number of carbonyl (C=O) groups excluding carboxylic acids is 1. The Labute approximate surface area is 292 Å². The standard InChI is InChI=1S/C18H15ClN2O7.C15H14ClNO5/c1-9-2-4-11(28-9)8-20-13-5-3-10(19)6-12(13)16(24)21(18(20)27)14(17(25)26)7-15(22)23;1-9-3-5-11(22-9)8-17(15(20)21-2)13-6-4-10(16)7-12(13)14(18)19/h2-6,14H,7-8H2,1H3,(H,22,23)(H,25,26);3-7H,8H2,1-2H3,(H,18,19). The second-order valence-electron chi connectivity index (χ2n) is 10.7. The highest BCUT2D eigenvalue weighted by atomic mass is 35.5. The quantitative estimate of drug-likeness (QED) is 0.161. The van der Waals surface area contributed by atoms with Crippen LogP contribution in [-0.2, 0) is 27.4 Å². The summed E-state index contributed by atoms with van der Waals surface area (Å²) >= 11 is 11.8. The molecule has 0 aliphatic carbocycles. The molecule has 0 spiro atoms. The number of anilines is 1. The summed E-state index contributed by atoms with van der Waals surface area (Å²) in [6, 6.07) is 13.4. The fourth-order valence-corrected chi connectivity index (χ4v) is 5.32. The number of amides is 1. The monoisotopic (exact) mass is 729 g/mol. The molecule has 5 rings (SSSR count). The molecule has 1 amide bonds. The van der Waals surface area contributed by atoms with Crippen LogP contribution < -0.4 is 16.1 Å². The van der Waals surface area contributed by atoms with Gasteiger partial charge in [-0.1, -0.05) is 23.2 Å². The van der Waals surface area contributed by atoms with Crippen LogP contribution in [-0.4, -0.2) is 55.6 Å². The van der Waals surface area contributed by atoms with E-state index in [1.807, 2.05) is 0 Å². The van der Waals surface area contributed by atoms with Gasteiger partial charge >= 0.3 is 29.7 Å². The van der Waals surface area contributed by atoms with Crippen LogP contribution in [0.15, 0.2) is 79.1 Å². The van der Waals surface area contributed by atoms with Gasteiger partial charge in [0.2, 0.25) is 0 Å². The molecular weight excluding hydrogens is 701 g/mol. The van der Waals surface area contributed by atoms with Crippen molar-refractivity contribution in [1.82, 2.24) is 9.13 Å². The van der Waals surface area contributed by atoms with E-state index in [4.69, 9.17) is 41.9 Å². The number of hydrogen-bond acceptors (Lipinski definition) is 9. The van der Waals surface area contributed by atoms with E-state index < -0.39 is 47.7 Å². The molecule has 1 unspecified atom stereocenters. The zero-order valence-corrected chi connectivity index (χ0v) is 28.1. The molecule has 15 nitrogen and oxygen atoms in total. The van der Waals surface area contributed by atoms with Gasteiger partial charge in [-0.15, -0.1) is 0 Å². The first-order valence-electron chi connectivity index (χ1n) is 14.5. The second kappa shape index (κ2) is 15.6. The molecule has 3 N–H and O–H groups in total. The van der Waals surface area contributed by atoms with Crippen molar-refractivity contribution in [1.29, 1.82) is 0 Å². The van der Waals surface area contributed by atoms with Crippen molar-refractivity contribution in [3.05, 3.63) is 120 Å². The summed E-state index contributed by atoms with van der Waals surface area (Å²) in [4.78, 5) is 73.1. The van der Waals surface area contributed by atoms with E-state index in [2.05, 4.69) is 0 Å². The van der Waals surface area contributed by atoms with E-state index in [0.29, 0.717) is 27.6 Å². The van der Waals surface area contributed by atoms with Gasteiger partial charge < -0.3 is 28.9 Å². The number of methoxy groups -OCH3 is 1. The number of aromatic nitrogens is 2. The van der Waals surface area contributed by atoms with E-state index in [9.17, 15) is 39.0 Å². The van der Waals surface area contributed by atoms with Crippen molar-refractivity contribution in [3.63, 3.8) is 0 Å². The molecular formula is C33H29Cl2N3O12. The SMILES string of the molecule is COC(=O)N(Cc1ccc(C)o1)c1ccc(Cl)cc1C(=O)O.Cc1ccc(Cn2c(=O)n(C(CC(=O)O)C(=O)O)c(=O)c3cc(Cl)ccc32)o1. The minimum Gasteiger partial charge on any atom is -0.481 e. The first kappa shape index (κ1) is 37.0. The largest absolute Gasteiger partial charge is 0.481 e. The third-order valence-electron chi connectivity index (χ3n) is 7.20. The van der Waals surface area contributed by atoms with Crippen LogP contribution in [0, 0.1) is 13.8 Å². The first-order valence-corrected chi connectivity index (χ1v) is 15.2. The normalized spacial score (nSPS) is 11.4. The highest BCUT2D eigenvalue weighted by Gasteiger charge is 2.29. The highest BCUT2D eigenvalue weighted by molar-refractivity contribution is 6.31. The number of rotatable bonds is 10. The van der Waals surface area contributed by atoms with Gasteiger partial charge in [0.25, 0.3) is 5.56 Å². The minimum atomic E-state index is -1.87. The van der Waals surface area contributed by atoms with Gasteiger partial charge in [0, 0.05) is 10.0 Å². The number of benzene rings is 2. The molecule has 262 valence electrons. The highest BCUT2D eigenvalue weighted by Crippen LogP contribution is 2.27. The van der Waals surface area contributed by atoms with Gasteiger partial charge in [-0.25, -0.2) is 23.7 Å². The molecule has 17 heteroatoms. The molecule has 0 saturated heterocycles. The summed E-state index contributed by atoms with van der Waals surface area (Å²) in [5.74, 6) is -2.05. The summed E-state index contributed by atoms with van der Waals surface area (Å²) in [6.45, 7) is 3.46. The van der Waals surface area contributed by atoms with Crippen LogP contribution in [0.4, 0.5) is 10.5 Å². The molecule has 0 radical (unpaired) electrons. The third-order valence-corrected chi connectivity index (χ3v) is 7.67. The maximum Gasteiger partial charge on any atom is 0.414 e. The lowest BCUT2D eigenvalue weighted by atomic mass is 10.1. The topological polar surface area (TPSA) is 212 Å². The summed E-state index contributed by atoms with van der Waals surface area (Å²) in [5.41, 5.74) is -1.58. The molecule has 0 saturated carbocycles. The zero-order valence-electron chi connectivity index (χ0n) is 26.6. The lowest BCUT2D eigenvalue weighted by Gasteiger charge is -2.22. The van der Waals surface area contributed by atoms with E-state index >= 15 is 0 Å². The molecule has 5 aromatic rings. The van der Waals surface area contributed by atoms with Crippen molar-refractivity contribution < 1.29 is 48.1 Å². The number of fused-ring (bicyclic) bond motifs is 1. The summed E-state index contributed by atoms with van der Waals surface area (Å²) in [6.07, 6.45) is -1.63. The Balaban J connectivity index is 0.000000232.